The Labute approximate surface area is 77.1 Å². The fourth-order valence-corrected chi connectivity index (χ4v) is 0.938. The van der Waals surface area contributed by atoms with Crippen LogP contribution in [0.4, 0.5) is 5.69 Å². The van der Waals surface area contributed by atoms with E-state index in [-0.39, 0.29) is 0 Å². The number of alkyl halides is 1. The molecule has 0 saturated heterocycles. The van der Waals surface area contributed by atoms with Gasteiger partial charge in [-0.25, -0.2) is 0 Å². The van der Waals surface area contributed by atoms with E-state index < -0.39 is 0 Å². The van der Waals surface area contributed by atoms with Gasteiger partial charge in [-0.3, -0.25) is 4.99 Å². The summed E-state index contributed by atoms with van der Waals surface area (Å²) in [5, 5.41) is 0. The van der Waals surface area contributed by atoms with E-state index in [1.54, 1.807) is 6.21 Å². The monoisotopic (exact) mass is 182 g/mol. The molecule has 0 fully saturated rings. The first-order valence-electron chi connectivity index (χ1n) is 3.75. The Balaban J connectivity index is 2.68. The van der Waals surface area contributed by atoms with Gasteiger partial charge in [-0.1, -0.05) is 18.2 Å². The molecule has 64 valence electrons. The summed E-state index contributed by atoms with van der Waals surface area (Å²) < 4.78 is 0. The van der Waals surface area contributed by atoms with Gasteiger partial charge in [0.1, 0.15) is 0 Å². The number of nitrogens with zero attached hydrogens (tertiary/aromatic N) is 1. The largest absolute Gasteiger partial charge is 0.398 e. The molecule has 0 unspecified atom stereocenters. The molecule has 12 heavy (non-hydrogen) atoms. The first-order chi connectivity index (χ1) is 5.84. The van der Waals surface area contributed by atoms with Crippen LogP contribution in [0, 0.1) is 0 Å². The average molecular weight is 183 g/mol. The third-order valence-electron chi connectivity index (χ3n) is 1.44. The van der Waals surface area contributed by atoms with Gasteiger partial charge in [0.05, 0.1) is 6.54 Å². The van der Waals surface area contributed by atoms with Crippen molar-refractivity contribution in [2.45, 2.75) is 0 Å². The van der Waals surface area contributed by atoms with Crippen molar-refractivity contribution in [3.05, 3.63) is 29.8 Å². The maximum absolute atomic E-state index is 5.68. The second-order valence-corrected chi connectivity index (χ2v) is 2.73. The van der Waals surface area contributed by atoms with Crippen LogP contribution < -0.4 is 5.73 Å². The fraction of sp³-hybridized carbons (Fsp3) is 0.222. The van der Waals surface area contributed by atoms with E-state index in [0.29, 0.717) is 12.4 Å². The topological polar surface area (TPSA) is 38.4 Å². The third-order valence-corrected chi connectivity index (χ3v) is 1.61. The number of aliphatic imine (C=N–C) groups is 1. The lowest BCUT2D eigenvalue weighted by atomic mass is 10.2. The smallest absolute Gasteiger partial charge is 0.0525 e. The molecule has 0 aliphatic heterocycles. The standard InChI is InChI=1S/C9H11ClN2/c10-5-6-12-7-8-3-1-2-4-9(8)11/h1-4,7H,5-6,11H2. The van der Waals surface area contributed by atoms with Crippen molar-refractivity contribution in [2.75, 3.05) is 18.2 Å². The molecule has 0 aliphatic rings. The second-order valence-electron chi connectivity index (χ2n) is 2.35. The minimum Gasteiger partial charge on any atom is -0.398 e. The van der Waals surface area contributed by atoms with Crippen molar-refractivity contribution >= 4 is 23.5 Å². The summed E-state index contributed by atoms with van der Waals surface area (Å²) >= 11 is 5.46. The lowest BCUT2D eigenvalue weighted by Crippen LogP contribution is -1.92. The zero-order valence-electron chi connectivity index (χ0n) is 6.70. The summed E-state index contributed by atoms with van der Waals surface area (Å²) in [6, 6.07) is 7.60. The normalized spacial score (nSPS) is 10.8. The third kappa shape index (κ3) is 2.55. The SMILES string of the molecule is Nc1ccccc1C=NCCCl. The van der Waals surface area contributed by atoms with Gasteiger partial charge in [-0.05, 0) is 6.07 Å². The number of para-hydroxylation sites is 1. The predicted octanol–water partition coefficient (Wildman–Crippen LogP) is 1.93. The van der Waals surface area contributed by atoms with Gasteiger partial charge in [-0.2, -0.15) is 0 Å². The molecule has 2 nitrogen and oxygen atoms in total. The van der Waals surface area contributed by atoms with Gasteiger partial charge in [-0.15, -0.1) is 11.6 Å². The van der Waals surface area contributed by atoms with Crippen molar-refractivity contribution in [3.8, 4) is 0 Å². The summed E-state index contributed by atoms with van der Waals surface area (Å²) in [7, 11) is 0. The highest BCUT2D eigenvalue weighted by molar-refractivity contribution is 6.18. The Kier molecular flexibility index (Phi) is 3.61. The van der Waals surface area contributed by atoms with Gasteiger partial charge < -0.3 is 5.73 Å². The van der Waals surface area contributed by atoms with Crippen LogP contribution in [0.3, 0.4) is 0 Å². The number of hydrogen-bond acceptors (Lipinski definition) is 2. The predicted molar refractivity (Wildman–Crippen MR) is 54.0 cm³/mol. The number of benzene rings is 1. The van der Waals surface area contributed by atoms with Crippen LogP contribution in [-0.2, 0) is 0 Å². The van der Waals surface area contributed by atoms with E-state index in [9.17, 15) is 0 Å². The van der Waals surface area contributed by atoms with Crippen LogP contribution in [0.15, 0.2) is 29.3 Å². The first kappa shape index (κ1) is 9.07. The minimum absolute atomic E-state index is 0.545. The Morgan fingerprint density at radius 2 is 2.17 bits per heavy atom. The van der Waals surface area contributed by atoms with Crippen molar-refractivity contribution in [1.29, 1.82) is 0 Å². The Morgan fingerprint density at radius 3 is 2.83 bits per heavy atom. The maximum Gasteiger partial charge on any atom is 0.0525 e. The van der Waals surface area contributed by atoms with Crippen LogP contribution in [-0.4, -0.2) is 18.6 Å². The second kappa shape index (κ2) is 4.78. The van der Waals surface area contributed by atoms with E-state index in [2.05, 4.69) is 4.99 Å². The molecule has 1 aromatic rings. The Bertz CT molecular complexity index is 271. The van der Waals surface area contributed by atoms with E-state index in [4.69, 9.17) is 17.3 Å². The number of hydrogen-bond donors (Lipinski definition) is 1. The molecular formula is C9H11ClN2. The van der Waals surface area contributed by atoms with Gasteiger partial charge in [0.25, 0.3) is 0 Å². The average Bonchev–Trinajstić information content (AvgIpc) is 2.09. The van der Waals surface area contributed by atoms with Crippen LogP contribution in [0.5, 0.6) is 0 Å². The number of nitrogen functional groups attached to an aromatic ring is 1. The maximum atomic E-state index is 5.68. The van der Waals surface area contributed by atoms with Crippen LogP contribution >= 0.6 is 11.6 Å². The molecule has 3 heteroatoms. The van der Waals surface area contributed by atoms with E-state index in [0.717, 1.165) is 11.3 Å². The zero-order valence-corrected chi connectivity index (χ0v) is 7.46. The molecule has 0 heterocycles. The van der Waals surface area contributed by atoms with Crippen molar-refractivity contribution in [1.82, 2.24) is 0 Å². The molecule has 0 bridgehead atoms. The molecule has 0 atom stereocenters. The highest BCUT2D eigenvalue weighted by Gasteiger charge is 1.90. The molecule has 0 saturated carbocycles. The molecule has 0 amide bonds. The molecule has 0 spiro atoms. The number of nitrogens with two attached hydrogens (primary N) is 1. The van der Waals surface area contributed by atoms with Crippen molar-refractivity contribution in [2.24, 2.45) is 4.99 Å². The molecule has 0 radical (unpaired) electrons. The summed E-state index contributed by atoms with van der Waals surface area (Å²) in [5.74, 6) is 0.545. The van der Waals surface area contributed by atoms with Crippen molar-refractivity contribution < 1.29 is 0 Å². The fourth-order valence-electron chi connectivity index (χ4n) is 0.840. The van der Waals surface area contributed by atoms with Crippen LogP contribution in [0.25, 0.3) is 0 Å². The highest BCUT2D eigenvalue weighted by Crippen LogP contribution is 2.06. The molecule has 1 aromatic carbocycles. The summed E-state index contributed by atoms with van der Waals surface area (Å²) in [6.07, 6.45) is 1.75. The summed E-state index contributed by atoms with van der Waals surface area (Å²) in [6.45, 7) is 0.635. The van der Waals surface area contributed by atoms with E-state index in [1.165, 1.54) is 0 Å². The lowest BCUT2D eigenvalue weighted by molar-refractivity contribution is 1.15. The van der Waals surface area contributed by atoms with Crippen LogP contribution in [0.1, 0.15) is 5.56 Å². The first-order valence-corrected chi connectivity index (χ1v) is 4.28. The van der Waals surface area contributed by atoms with Gasteiger partial charge in [0.15, 0.2) is 0 Å². The summed E-state index contributed by atoms with van der Waals surface area (Å²) in [5.41, 5.74) is 7.37. The van der Waals surface area contributed by atoms with Gasteiger partial charge in [0, 0.05) is 23.3 Å². The minimum atomic E-state index is 0.545. The molecule has 0 aromatic heterocycles. The van der Waals surface area contributed by atoms with Crippen LogP contribution in [0.2, 0.25) is 0 Å². The molecule has 0 aliphatic carbocycles. The summed E-state index contributed by atoms with van der Waals surface area (Å²) in [4.78, 5) is 4.08. The Hall–Kier alpha value is -1.02. The Morgan fingerprint density at radius 1 is 1.42 bits per heavy atom. The number of anilines is 1. The number of halogens is 1. The zero-order chi connectivity index (χ0) is 8.81. The molecule has 2 N–H and O–H groups in total. The quantitative estimate of drug-likeness (QED) is 0.433. The highest BCUT2D eigenvalue weighted by atomic mass is 35.5. The van der Waals surface area contributed by atoms with E-state index >= 15 is 0 Å². The number of rotatable bonds is 3. The van der Waals surface area contributed by atoms with Crippen molar-refractivity contribution in [3.63, 3.8) is 0 Å². The lowest BCUT2D eigenvalue weighted by Gasteiger charge is -1.96. The molecule has 1 rings (SSSR count). The molecular weight excluding hydrogens is 172 g/mol. The van der Waals surface area contributed by atoms with E-state index in [1.807, 2.05) is 24.3 Å². The van der Waals surface area contributed by atoms with Gasteiger partial charge >= 0.3 is 0 Å². The van der Waals surface area contributed by atoms with Gasteiger partial charge in [0.2, 0.25) is 0 Å².